The van der Waals surface area contributed by atoms with Crippen molar-refractivity contribution in [3.8, 4) is 5.69 Å². The summed E-state index contributed by atoms with van der Waals surface area (Å²) in [5, 5.41) is 6.54. The van der Waals surface area contributed by atoms with Crippen LogP contribution < -0.4 is 10.6 Å². The van der Waals surface area contributed by atoms with Gasteiger partial charge in [-0.3, -0.25) is 14.2 Å². The smallest absolute Gasteiger partial charge is 0.251 e. The molecule has 2 amide bonds. The summed E-state index contributed by atoms with van der Waals surface area (Å²) in [6, 6.07) is 13.0. The summed E-state index contributed by atoms with van der Waals surface area (Å²) in [6.45, 7) is 2.19. The molecule has 0 aliphatic heterocycles. The normalized spacial score (nSPS) is 10.6. The van der Waals surface area contributed by atoms with Crippen molar-refractivity contribution in [1.82, 2.24) is 14.9 Å². The van der Waals surface area contributed by atoms with Gasteiger partial charge < -0.3 is 10.6 Å². The molecule has 0 saturated heterocycles. The molecular formula is C21H21BrN4O2S. The van der Waals surface area contributed by atoms with Gasteiger partial charge in [-0.15, -0.1) is 0 Å². The van der Waals surface area contributed by atoms with Crippen LogP contribution in [0.15, 0.2) is 64.5 Å². The van der Waals surface area contributed by atoms with Gasteiger partial charge >= 0.3 is 0 Å². The molecule has 0 saturated carbocycles. The van der Waals surface area contributed by atoms with E-state index in [9.17, 15) is 9.59 Å². The number of hydrogen-bond donors (Lipinski definition) is 2. The highest BCUT2D eigenvalue weighted by Crippen LogP contribution is 2.21. The third kappa shape index (κ3) is 5.48. The van der Waals surface area contributed by atoms with Crippen molar-refractivity contribution in [3.63, 3.8) is 0 Å². The average Bonchev–Trinajstić information content (AvgIpc) is 3.19. The topological polar surface area (TPSA) is 76.0 Å². The lowest BCUT2D eigenvalue weighted by molar-refractivity contribution is -0.116. The fourth-order valence-electron chi connectivity index (χ4n) is 2.74. The summed E-state index contributed by atoms with van der Waals surface area (Å²) in [7, 11) is 0. The lowest BCUT2D eigenvalue weighted by atomic mass is 10.2. The molecule has 0 unspecified atom stereocenters. The van der Waals surface area contributed by atoms with E-state index in [2.05, 4.69) is 31.5 Å². The number of thioether (sulfide) groups is 1. The molecule has 0 bridgehead atoms. The molecule has 0 aliphatic carbocycles. The number of aromatic nitrogens is 2. The third-order valence-corrected chi connectivity index (χ3v) is 5.47. The largest absolute Gasteiger partial charge is 0.352 e. The van der Waals surface area contributed by atoms with E-state index in [4.69, 9.17) is 0 Å². The molecule has 0 radical (unpaired) electrons. The van der Waals surface area contributed by atoms with Crippen LogP contribution in [-0.2, 0) is 4.79 Å². The maximum atomic E-state index is 12.3. The Morgan fingerprint density at radius 2 is 1.93 bits per heavy atom. The van der Waals surface area contributed by atoms with Gasteiger partial charge in [0.2, 0.25) is 5.91 Å². The Labute approximate surface area is 182 Å². The molecule has 1 aromatic heterocycles. The number of amides is 2. The van der Waals surface area contributed by atoms with Crippen molar-refractivity contribution in [2.45, 2.75) is 18.5 Å². The van der Waals surface area contributed by atoms with Crippen LogP contribution in [0.25, 0.3) is 5.69 Å². The molecule has 0 aliphatic rings. The Morgan fingerprint density at radius 1 is 1.17 bits per heavy atom. The first-order chi connectivity index (χ1) is 14.0. The van der Waals surface area contributed by atoms with Crippen LogP contribution in [0.2, 0.25) is 0 Å². The number of nitrogens with zero attached hydrogens (tertiary/aromatic N) is 2. The number of hydrogen-bond acceptors (Lipinski definition) is 4. The maximum Gasteiger partial charge on any atom is 0.251 e. The van der Waals surface area contributed by atoms with Crippen LogP contribution in [0.4, 0.5) is 5.69 Å². The molecule has 3 aromatic rings. The van der Waals surface area contributed by atoms with E-state index in [-0.39, 0.29) is 24.8 Å². The standard InChI is InChI=1S/C21H21BrN4O2S/c1-14-3-6-16(22)13-18(14)25-19(27)9-10-23-20(28)15-4-7-17(8-5-15)26-12-11-24-21(26)29-2/h3-8,11-13H,9-10H2,1-2H3,(H,23,28)(H,25,27). The quantitative estimate of drug-likeness (QED) is 0.498. The highest BCUT2D eigenvalue weighted by atomic mass is 79.9. The van der Waals surface area contributed by atoms with Gasteiger partial charge in [-0.1, -0.05) is 33.8 Å². The minimum Gasteiger partial charge on any atom is -0.352 e. The molecule has 0 atom stereocenters. The van der Waals surface area contributed by atoms with Gasteiger partial charge in [0.05, 0.1) is 0 Å². The Bertz CT molecular complexity index is 1020. The molecule has 150 valence electrons. The molecule has 6 nitrogen and oxygen atoms in total. The van der Waals surface area contributed by atoms with Crippen LogP contribution >= 0.6 is 27.7 Å². The first-order valence-corrected chi connectivity index (χ1v) is 11.0. The number of anilines is 1. The lowest BCUT2D eigenvalue weighted by Gasteiger charge is -2.10. The van der Waals surface area contributed by atoms with E-state index >= 15 is 0 Å². The fourth-order valence-corrected chi connectivity index (χ4v) is 3.63. The SMILES string of the molecule is CSc1nccn1-c1ccc(C(=O)NCCC(=O)Nc2cc(Br)ccc2C)cc1. The number of halogens is 1. The van der Waals surface area contributed by atoms with E-state index < -0.39 is 0 Å². The zero-order chi connectivity index (χ0) is 20.8. The highest BCUT2D eigenvalue weighted by Gasteiger charge is 2.10. The number of carbonyl (C=O) groups excluding carboxylic acids is 2. The molecule has 8 heteroatoms. The van der Waals surface area contributed by atoms with Gasteiger partial charge in [-0.05, 0) is 55.1 Å². The molecular weight excluding hydrogens is 452 g/mol. The predicted octanol–water partition coefficient (Wildman–Crippen LogP) is 4.42. The van der Waals surface area contributed by atoms with E-state index in [1.54, 1.807) is 30.1 Å². The second kappa shape index (κ2) is 9.76. The summed E-state index contributed by atoms with van der Waals surface area (Å²) in [5.74, 6) is -0.356. The van der Waals surface area contributed by atoms with Crippen molar-refractivity contribution < 1.29 is 9.59 Å². The summed E-state index contributed by atoms with van der Waals surface area (Å²) in [6.07, 6.45) is 5.79. The Balaban J connectivity index is 1.51. The van der Waals surface area contributed by atoms with Crippen molar-refractivity contribution in [2.24, 2.45) is 0 Å². The van der Waals surface area contributed by atoms with E-state index in [1.165, 1.54) is 0 Å². The van der Waals surface area contributed by atoms with Crippen molar-refractivity contribution in [1.29, 1.82) is 0 Å². The molecule has 1 heterocycles. The molecule has 2 aromatic carbocycles. The maximum absolute atomic E-state index is 12.3. The molecule has 0 fully saturated rings. The predicted molar refractivity (Wildman–Crippen MR) is 120 cm³/mol. The number of rotatable bonds is 7. The van der Waals surface area contributed by atoms with Crippen LogP contribution in [0.1, 0.15) is 22.3 Å². The summed E-state index contributed by atoms with van der Waals surface area (Å²) >= 11 is 4.95. The molecule has 29 heavy (non-hydrogen) atoms. The zero-order valence-electron chi connectivity index (χ0n) is 16.1. The van der Waals surface area contributed by atoms with Crippen LogP contribution in [0, 0.1) is 6.92 Å². The van der Waals surface area contributed by atoms with E-state index in [0.717, 1.165) is 26.6 Å². The summed E-state index contributed by atoms with van der Waals surface area (Å²) < 4.78 is 2.86. The van der Waals surface area contributed by atoms with Gasteiger partial charge in [0.25, 0.3) is 5.91 Å². The van der Waals surface area contributed by atoms with Crippen LogP contribution in [-0.4, -0.2) is 34.2 Å². The Morgan fingerprint density at radius 3 is 2.66 bits per heavy atom. The molecule has 0 spiro atoms. The van der Waals surface area contributed by atoms with Gasteiger partial charge in [-0.2, -0.15) is 0 Å². The zero-order valence-corrected chi connectivity index (χ0v) is 18.5. The highest BCUT2D eigenvalue weighted by molar-refractivity contribution is 9.10. The monoisotopic (exact) mass is 472 g/mol. The van der Waals surface area contributed by atoms with Crippen molar-refractivity contribution in [2.75, 3.05) is 18.1 Å². The Hall–Kier alpha value is -2.58. The van der Waals surface area contributed by atoms with Crippen LogP contribution in [0.3, 0.4) is 0 Å². The van der Waals surface area contributed by atoms with Gasteiger partial charge in [0.1, 0.15) is 0 Å². The van der Waals surface area contributed by atoms with E-state index in [0.29, 0.717) is 5.56 Å². The Kier molecular flexibility index (Phi) is 7.11. The number of carbonyl (C=O) groups is 2. The second-order valence-corrected chi connectivity index (χ2v) is 8.03. The van der Waals surface area contributed by atoms with Crippen molar-refractivity contribution >= 4 is 45.2 Å². The number of aryl methyl sites for hydroxylation is 1. The minimum atomic E-state index is -0.210. The minimum absolute atomic E-state index is 0.147. The summed E-state index contributed by atoms with van der Waals surface area (Å²) in [5.41, 5.74) is 3.22. The number of benzene rings is 2. The van der Waals surface area contributed by atoms with Gasteiger partial charge in [0, 0.05) is 46.8 Å². The van der Waals surface area contributed by atoms with Crippen molar-refractivity contribution in [3.05, 3.63) is 70.5 Å². The number of nitrogens with one attached hydrogen (secondary N) is 2. The second-order valence-electron chi connectivity index (χ2n) is 6.34. The average molecular weight is 473 g/mol. The first-order valence-electron chi connectivity index (χ1n) is 9.00. The molecule has 2 N–H and O–H groups in total. The van der Waals surface area contributed by atoms with Gasteiger partial charge in [0.15, 0.2) is 5.16 Å². The summed E-state index contributed by atoms with van der Waals surface area (Å²) in [4.78, 5) is 28.7. The number of imidazole rings is 1. The fraction of sp³-hybridized carbons (Fsp3) is 0.190. The van der Waals surface area contributed by atoms with E-state index in [1.807, 2.05) is 54.3 Å². The third-order valence-electron chi connectivity index (χ3n) is 4.31. The van der Waals surface area contributed by atoms with Gasteiger partial charge in [-0.25, -0.2) is 4.98 Å². The lowest BCUT2D eigenvalue weighted by Crippen LogP contribution is -2.27. The molecule has 3 rings (SSSR count). The first kappa shape index (κ1) is 21.1. The van der Waals surface area contributed by atoms with Crippen LogP contribution in [0.5, 0.6) is 0 Å².